The summed E-state index contributed by atoms with van der Waals surface area (Å²) in [5.74, 6) is 0.380. The maximum absolute atomic E-state index is 2.34. The molecule has 0 aliphatic heterocycles. The van der Waals surface area contributed by atoms with Crippen LogP contribution < -0.4 is 0 Å². The quantitative estimate of drug-likeness (QED) is 0.640. The van der Waals surface area contributed by atoms with Gasteiger partial charge in [-0.2, -0.15) is 0 Å². The van der Waals surface area contributed by atoms with E-state index < -0.39 is 0 Å². The summed E-state index contributed by atoms with van der Waals surface area (Å²) in [5, 5.41) is 0. The van der Waals surface area contributed by atoms with Gasteiger partial charge in [-0.05, 0) is 44.7 Å². The molecule has 112 valence electrons. The number of rotatable bonds is 3. The van der Waals surface area contributed by atoms with E-state index in [1.165, 1.54) is 39.8 Å². The fourth-order valence-electron chi connectivity index (χ4n) is 3.14. The Kier molecular flexibility index (Phi) is 4.29. The summed E-state index contributed by atoms with van der Waals surface area (Å²) in [6.07, 6.45) is 6.96. The van der Waals surface area contributed by atoms with Crippen molar-refractivity contribution in [2.24, 2.45) is 0 Å². The molecule has 0 fully saturated rings. The average molecular weight is 288 g/mol. The molecule has 0 nitrogen and oxygen atoms in total. The zero-order valence-electron chi connectivity index (χ0n) is 13.8. The number of allylic oxidation sites excluding steroid dienone is 4. The summed E-state index contributed by atoms with van der Waals surface area (Å²) in [7, 11) is 0. The van der Waals surface area contributed by atoms with E-state index in [1.54, 1.807) is 0 Å². The molecular formula is C22H24. The summed E-state index contributed by atoms with van der Waals surface area (Å²) in [4.78, 5) is 0. The van der Waals surface area contributed by atoms with E-state index in [0.717, 1.165) is 6.42 Å². The van der Waals surface area contributed by atoms with E-state index in [4.69, 9.17) is 0 Å². The minimum absolute atomic E-state index is 0.380. The van der Waals surface area contributed by atoms with Crippen LogP contribution >= 0.6 is 0 Å². The Bertz CT molecular complexity index is 651. The predicted octanol–water partition coefficient (Wildman–Crippen LogP) is 6.10. The summed E-state index contributed by atoms with van der Waals surface area (Å²) in [6, 6.07) is 18.0. The molecule has 0 heterocycles. The van der Waals surface area contributed by atoms with Gasteiger partial charge in [0.25, 0.3) is 0 Å². The molecule has 0 N–H and O–H groups in total. The minimum Gasteiger partial charge on any atom is -0.0730 e. The van der Waals surface area contributed by atoms with Crippen molar-refractivity contribution >= 4 is 0 Å². The van der Waals surface area contributed by atoms with Crippen LogP contribution in [-0.4, -0.2) is 0 Å². The predicted molar refractivity (Wildman–Crippen MR) is 95.3 cm³/mol. The Morgan fingerprint density at radius 3 is 1.55 bits per heavy atom. The fraction of sp³-hybridized carbons (Fsp3) is 0.273. The highest BCUT2D eigenvalue weighted by Crippen LogP contribution is 2.37. The van der Waals surface area contributed by atoms with Gasteiger partial charge >= 0.3 is 0 Å². The second-order valence-corrected chi connectivity index (χ2v) is 6.51. The van der Waals surface area contributed by atoms with Crippen LogP contribution in [0.1, 0.15) is 47.9 Å². The Labute approximate surface area is 134 Å². The topological polar surface area (TPSA) is 0 Å². The van der Waals surface area contributed by atoms with Gasteiger partial charge in [0.05, 0.1) is 0 Å². The number of aryl methyl sites for hydroxylation is 2. The second-order valence-electron chi connectivity index (χ2n) is 6.51. The van der Waals surface area contributed by atoms with E-state index in [0.29, 0.717) is 5.92 Å². The summed E-state index contributed by atoms with van der Waals surface area (Å²) >= 11 is 0. The maximum atomic E-state index is 2.34. The summed E-state index contributed by atoms with van der Waals surface area (Å²) in [6.45, 7) is 6.52. The highest BCUT2D eigenvalue weighted by Gasteiger charge is 2.20. The van der Waals surface area contributed by atoms with Gasteiger partial charge in [0.1, 0.15) is 0 Å². The zero-order valence-corrected chi connectivity index (χ0v) is 13.8. The molecule has 22 heavy (non-hydrogen) atoms. The molecular weight excluding hydrogens is 264 g/mol. The highest BCUT2D eigenvalue weighted by molar-refractivity contribution is 5.44. The van der Waals surface area contributed by atoms with Gasteiger partial charge in [0, 0.05) is 5.92 Å². The monoisotopic (exact) mass is 288 g/mol. The standard InChI is InChI=1S/C22H24/c1-16-4-10-19(11-5-16)22(20-12-6-17(2)7-13-20)21-14-8-18(3)9-15-21/h4-8,10-14,22H,9,15H2,1-3H3. The van der Waals surface area contributed by atoms with Crippen molar-refractivity contribution < 1.29 is 0 Å². The molecule has 0 unspecified atom stereocenters. The molecule has 3 rings (SSSR count). The van der Waals surface area contributed by atoms with Gasteiger partial charge in [-0.15, -0.1) is 0 Å². The maximum Gasteiger partial charge on any atom is 0.0302 e. The molecule has 0 saturated heterocycles. The van der Waals surface area contributed by atoms with E-state index >= 15 is 0 Å². The van der Waals surface area contributed by atoms with Crippen LogP contribution in [0, 0.1) is 13.8 Å². The van der Waals surface area contributed by atoms with Crippen molar-refractivity contribution in [2.75, 3.05) is 0 Å². The molecule has 2 aromatic carbocycles. The highest BCUT2D eigenvalue weighted by atomic mass is 14.2. The largest absolute Gasteiger partial charge is 0.0730 e. The second kappa shape index (κ2) is 6.36. The van der Waals surface area contributed by atoms with Crippen LogP contribution in [0.3, 0.4) is 0 Å². The van der Waals surface area contributed by atoms with Gasteiger partial charge in [-0.1, -0.05) is 83.0 Å². The van der Waals surface area contributed by atoms with E-state index in [1.807, 2.05) is 0 Å². The molecule has 0 spiro atoms. The molecule has 1 aliphatic rings. The molecule has 0 heteroatoms. The molecule has 0 bridgehead atoms. The van der Waals surface area contributed by atoms with Gasteiger partial charge in [0.15, 0.2) is 0 Å². The van der Waals surface area contributed by atoms with Gasteiger partial charge in [-0.25, -0.2) is 0 Å². The first-order valence-corrected chi connectivity index (χ1v) is 8.13. The van der Waals surface area contributed by atoms with Crippen molar-refractivity contribution in [3.05, 3.63) is 94.1 Å². The fourth-order valence-corrected chi connectivity index (χ4v) is 3.14. The number of hydrogen-bond acceptors (Lipinski definition) is 0. The zero-order chi connectivity index (χ0) is 15.5. The Balaban J connectivity index is 2.06. The van der Waals surface area contributed by atoms with Gasteiger partial charge in [-0.3, -0.25) is 0 Å². The third-order valence-electron chi connectivity index (χ3n) is 4.58. The molecule has 0 saturated carbocycles. The van der Waals surface area contributed by atoms with Crippen LogP contribution in [0.2, 0.25) is 0 Å². The lowest BCUT2D eigenvalue weighted by molar-refractivity contribution is 0.807. The smallest absolute Gasteiger partial charge is 0.0302 e. The van der Waals surface area contributed by atoms with Crippen LogP contribution in [0.25, 0.3) is 0 Å². The van der Waals surface area contributed by atoms with E-state index in [-0.39, 0.29) is 0 Å². The Hall–Kier alpha value is -2.08. The average Bonchev–Trinajstić information content (AvgIpc) is 2.53. The molecule has 0 amide bonds. The van der Waals surface area contributed by atoms with Gasteiger partial charge in [0.2, 0.25) is 0 Å². The first kappa shape index (κ1) is 14.8. The van der Waals surface area contributed by atoms with Crippen molar-refractivity contribution in [1.29, 1.82) is 0 Å². The Morgan fingerprint density at radius 1 is 0.636 bits per heavy atom. The van der Waals surface area contributed by atoms with Crippen molar-refractivity contribution in [2.45, 2.75) is 39.5 Å². The van der Waals surface area contributed by atoms with Gasteiger partial charge < -0.3 is 0 Å². The third-order valence-corrected chi connectivity index (χ3v) is 4.58. The third kappa shape index (κ3) is 3.22. The van der Waals surface area contributed by atoms with Crippen molar-refractivity contribution in [3.8, 4) is 0 Å². The van der Waals surface area contributed by atoms with Crippen LogP contribution in [0.5, 0.6) is 0 Å². The lowest BCUT2D eigenvalue weighted by Crippen LogP contribution is -2.07. The minimum atomic E-state index is 0.380. The van der Waals surface area contributed by atoms with Crippen LogP contribution in [0.15, 0.2) is 71.8 Å². The number of benzene rings is 2. The van der Waals surface area contributed by atoms with Crippen molar-refractivity contribution in [3.63, 3.8) is 0 Å². The SMILES string of the molecule is CC1=CC=C(C(c2ccc(C)cc2)c2ccc(C)cc2)CC1. The van der Waals surface area contributed by atoms with Crippen LogP contribution in [0.4, 0.5) is 0 Å². The van der Waals surface area contributed by atoms with E-state index in [2.05, 4.69) is 81.5 Å². The van der Waals surface area contributed by atoms with Crippen LogP contribution in [-0.2, 0) is 0 Å². The molecule has 2 aromatic rings. The van der Waals surface area contributed by atoms with Crippen molar-refractivity contribution in [1.82, 2.24) is 0 Å². The summed E-state index contributed by atoms with van der Waals surface area (Å²) < 4.78 is 0. The lowest BCUT2D eigenvalue weighted by Gasteiger charge is -2.24. The molecule has 0 aromatic heterocycles. The first-order valence-electron chi connectivity index (χ1n) is 8.13. The Morgan fingerprint density at radius 2 is 1.14 bits per heavy atom. The number of hydrogen-bond donors (Lipinski definition) is 0. The molecule has 0 radical (unpaired) electrons. The molecule has 1 aliphatic carbocycles. The lowest BCUT2D eigenvalue weighted by atomic mass is 9.80. The summed E-state index contributed by atoms with van der Waals surface area (Å²) in [5.41, 5.74) is 8.44. The molecule has 0 atom stereocenters. The van der Waals surface area contributed by atoms with E-state index in [9.17, 15) is 0 Å². The first-order chi connectivity index (χ1) is 10.6. The normalized spacial score (nSPS) is 14.7.